The number of ketones is 1. The van der Waals surface area contributed by atoms with Crippen molar-refractivity contribution in [1.82, 2.24) is 9.80 Å². The molecule has 1 aliphatic rings. The first kappa shape index (κ1) is 24.3. The van der Waals surface area contributed by atoms with Crippen LogP contribution >= 0.6 is 0 Å². The second-order valence-electron chi connectivity index (χ2n) is 8.37. The number of aliphatic hydroxyl groups is 1. The van der Waals surface area contributed by atoms with E-state index in [4.69, 9.17) is 4.74 Å². The normalized spacial score (nSPS) is 17.6. The van der Waals surface area contributed by atoms with E-state index >= 15 is 0 Å². The Kier molecular flexibility index (Phi) is 8.06. The van der Waals surface area contributed by atoms with Crippen molar-refractivity contribution >= 4 is 17.4 Å². The summed E-state index contributed by atoms with van der Waals surface area (Å²) >= 11 is 0. The molecule has 0 radical (unpaired) electrons. The first-order chi connectivity index (χ1) is 15.9. The molecule has 1 N–H and O–H groups in total. The largest absolute Gasteiger partial charge is 0.507 e. The second-order valence-corrected chi connectivity index (χ2v) is 8.37. The van der Waals surface area contributed by atoms with Gasteiger partial charge in [-0.15, -0.1) is 0 Å². The molecule has 174 valence electrons. The van der Waals surface area contributed by atoms with Crippen LogP contribution in [0.1, 0.15) is 36.1 Å². The van der Waals surface area contributed by atoms with Crippen LogP contribution in [0.2, 0.25) is 0 Å². The molecule has 0 saturated carbocycles. The van der Waals surface area contributed by atoms with Crippen molar-refractivity contribution in [3.8, 4) is 5.75 Å². The number of hydrogen-bond donors (Lipinski definition) is 1. The Morgan fingerprint density at radius 3 is 2.36 bits per heavy atom. The van der Waals surface area contributed by atoms with Gasteiger partial charge in [-0.25, -0.2) is 0 Å². The number of carbonyl (C=O) groups excluding carboxylic acids is 2. The topological polar surface area (TPSA) is 70.1 Å². The van der Waals surface area contributed by atoms with Crippen LogP contribution in [-0.2, 0) is 16.0 Å². The monoisotopic (exact) mass is 448 g/mol. The van der Waals surface area contributed by atoms with E-state index < -0.39 is 17.7 Å². The van der Waals surface area contributed by atoms with Crippen molar-refractivity contribution in [2.75, 3.05) is 33.8 Å². The van der Waals surface area contributed by atoms with Crippen molar-refractivity contribution in [3.63, 3.8) is 0 Å². The Morgan fingerprint density at radius 2 is 1.79 bits per heavy atom. The number of aliphatic hydroxyl groups excluding tert-OH is 1. The van der Waals surface area contributed by atoms with Crippen LogP contribution in [0.15, 0.2) is 66.8 Å². The third kappa shape index (κ3) is 5.52. The molecule has 6 nitrogen and oxygen atoms in total. The standard InChI is InChI=1S/C27H32N2O4/c1-5-18-33-22-14-12-21(13-15-22)25(30)23-24(20-10-8-19(6-2)9-11-20)29(27(32)26(23)31)17-7-16-28(3)4/h5,8-15,24,30H,1,6-7,16-18H2,2-4H3/b25-23+. The summed E-state index contributed by atoms with van der Waals surface area (Å²) in [5.74, 6) is -0.787. The summed E-state index contributed by atoms with van der Waals surface area (Å²) < 4.78 is 5.50. The molecule has 0 spiro atoms. The smallest absolute Gasteiger partial charge is 0.295 e. The Balaban J connectivity index is 2.02. The van der Waals surface area contributed by atoms with Gasteiger partial charge in [0.2, 0.25) is 0 Å². The SMILES string of the molecule is C=CCOc1ccc(/C(O)=C2\C(=O)C(=O)N(CCCN(C)C)C2c2ccc(CC)cc2)cc1. The number of aryl methyl sites for hydroxylation is 1. The zero-order valence-corrected chi connectivity index (χ0v) is 19.6. The Morgan fingerprint density at radius 1 is 1.12 bits per heavy atom. The number of likely N-dealkylation sites (tertiary alicyclic amines) is 1. The lowest BCUT2D eigenvalue weighted by molar-refractivity contribution is -0.139. The highest BCUT2D eigenvalue weighted by atomic mass is 16.5. The van der Waals surface area contributed by atoms with Crippen molar-refractivity contribution in [2.45, 2.75) is 25.8 Å². The molecule has 6 heteroatoms. The van der Waals surface area contributed by atoms with Crippen molar-refractivity contribution in [2.24, 2.45) is 0 Å². The van der Waals surface area contributed by atoms with Gasteiger partial charge in [0, 0.05) is 12.1 Å². The maximum atomic E-state index is 13.1. The molecule has 0 bridgehead atoms. The van der Waals surface area contributed by atoms with E-state index in [2.05, 4.69) is 13.5 Å². The van der Waals surface area contributed by atoms with Gasteiger partial charge < -0.3 is 19.6 Å². The first-order valence-corrected chi connectivity index (χ1v) is 11.2. The molecule has 33 heavy (non-hydrogen) atoms. The Hall–Kier alpha value is -3.38. The predicted molar refractivity (Wildman–Crippen MR) is 130 cm³/mol. The van der Waals surface area contributed by atoms with Gasteiger partial charge in [0.1, 0.15) is 18.1 Å². The van der Waals surface area contributed by atoms with E-state index in [0.717, 1.165) is 24.9 Å². The number of carbonyl (C=O) groups is 2. The molecule has 1 saturated heterocycles. The average Bonchev–Trinajstić information content (AvgIpc) is 3.07. The fourth-order valence-electron chi connectivity index (χ4n) is 3.97. The van der Waals surface area contributed by atoms with Crippen LogP contribution in [0.4, 0.5) is 0 Å². The number of hydrogen-bond acceptors (Lipinski definition) is 5. The third-order valence-electron chi connectivity index (χ3n) is 5.74. The van der Waals surface area contributed by atoms with E-state index in [9.17, 15) is 14.7 Å². The number of rotatable bonds is 10. The summed E-state index contributed by atoms with van der Waals surface area (Å²) in [5.41, 5.74) is 2.55. The molecule has 3 rings (SSSR count). The van der Waals surface area contributed by atoms with Crippen LogP contribution < -0.4 is 4.74 Å². The maximum absolute atomic E-state index is 13.1. The molecule has 0 aromatic heterocycles. The lowest BCUT2D eigenvalue weighted by Crippen LogP contribution is -2.32. The summed E-state index contributed by atoms with van der Waals surface area (Å²) in [7, 11) is 3.94. The predicted octanol–water partition coefficient (Wildman–Crippen LogP) is 4.19. The molecule has 1 fully saturated rings. The van der Waals surface area contributed by atoms with Gasteiger partial charge in [-0.2, -0.15) is 0 Å². The highest BCUT2D eigenvalue weighted by molar-refractivity contribution is 6.46. The fraction of sp³-hybridized carbons (Fsp3) is 0.333. The molecule has 0 aliphatic carbocycles. The zero-order chi connectivity index (χ0) is 24.0. The van der Waals surface area contributed by atoms with Crippen LogP contribution in [-0.4, -0.2) is 60.4 Å². The molecular formula is C27H32N2O4. The van der Waals surface area contributed by atoms with Crippen molar-refractivity contribution in [3.05, 3.63) is 83.4 Å². The highest BCUT2D eigenvalue weighted by Crippen LogP contribution is 2.39. The van der Waals surface area contributed by atoms with E-state index in [1.165, 1.54) is 5.56 Å². The Bertz CT molecular complexity index is 1020. The average molecular weight is 449 g/mol. The fourth-order valence-corrected chi connectivity index (χ4v) is 3.97. The van der Waals surface area contributed by atoms with Gasteiger partial charge in [-0.3, -0.25) is 9.59 Å². The van der Waals surface area contributed by atoms with Gasteiger partial charge in [0.15, 0.2) is 0 Å². The lowest BCUT2D eigenvalue weighted by atomic mass is 9.94. The summed E-state index contributed by atoms with van der Waals surface area (Å²) in [6, 6.07) is 14.1. The van der Waals surface area contributed by atoms with E-state index in [1.807, 2.05) is 43.3 Å². The minimum atomic E-state index is -0.658. The van der Waals surface area contributed by atoms with Crippen molar-refractivity contribution in [1.29, 1.82) is 0 Å². The van der Waals surface area contributed by atoms with E-state index in [0.29, 0.717) is 24.5 Å². The quantitative estimate of drug-likeness (QED) is 0.255. The lowest BCUT2D eigenvalue weighted by Gasteiger charge is -2.26. The number of Topliss-reactive ketones (excluding diaryl/α,β-unsaturated/α-hetero) is 1. The van der Waals surface area contributed by atoms with Gasteiger partial charge in [0.25, 0.3) is 11.7 Å². The minimum Gasteiger partial charge on any atom is -0.507 e. The molecule has 1 unspecified atom stereocenters. The van der Waals surface area contributed by atoms with Crippen molar-refractivity contribution < 1.29 is 19.4 Å². The second kappa shape index (κ2) is 11.0. The first-order valence-electron chi connectivity index (χ1n) is 11.2. The summed E-state index contributed by atoms with van der Waals surface area (Å²) in [5, 5.41) is 11.2. The molecule has 2 aromatic rings. The molecule has 1 amide bonds. The molecule has 1 atom stereocenters. The highest BCUT2D eigenvalue weighted by Gasteiger charge is 2.45. The van der Waals surface area contributed by atoms with Gasteiger partial charge in [-0.05, 0) is 68.9 Å². The number of ether oxygens (including phenoxy) is 1. The number of benzene rings is 2. The van der Waals surface area contributed by atoms with Gasteiger partial charge in [0.05, 0.1) is 11.6 Å². The number of amides is 1. The molecule has 1 aliphatic heterocycles. The van der Waals surface area contributed by atoms with Gasteiger partial charge in [-0.1, -0.05) is 43.8 Å². The third-order valence-corrected chi connectivity index (χ3v) is 5.74. The van der Waals surface area contributed by atoms with Crippen LogP contribution in [0.25, 0.3) is 5.76 Å². The Labute approximate surface area is 195 Å². The summed E-state index contributed by atoms with van der Waals surface area (Å²) in [4.78, 5) is 29.7. The van der Waals surface area contributed by atoms with E-state index in [1.54, 1.807) is 35.2 Å². The summed E-state index contributed by atoms with van der Waals surface area (Å²) in [6.07, 6.45) is 3.26. The van der Waals surface area contributed by atoms with Crippen LogP contribution in [0.5, 0.6) is 5.75 Å². The maximum Gasteiger partial charge on any atom is 0.295 e. The summed E-state index contributed by atoms with van der Waals surface area (Å²) in [6.45, 7) is 7.29. The zero-order valence-electron chi connectivity index (χ0n) is 19.6. The van der Waals surface area contributed by atoms with Gasteiger partial charge >= 0.3 is 0 Å². The molecular weight excluding hydrogens is 416 g/mol. The van der Waals surface area contributed by atoms with Crippen LogP contribution in [0, 0.1) is 0 Å². The minimum absolute atomic E-state index is 0.119. The molecule has 1 heterocycles. The number of nitrogens with zero attached hydrogens (tertiary/aromatic N) is 2. The van der Waals surface area contributed by atoms with E-state index in [-0.39, 0.29) is 11.3 Å². The van der Waals surface area contributed by atoms with Crippen LogP contribution in [0.3, 0.4) is 0 Å². The molecule has 2 aromatic carbocycles.